The number of Topliss-reactive ketones (excluding diaryl/α,β-unsaturated/α-hetero) is 1. The van der Waals surface area contributed by atoms with Gasteiger partial charge in [0, 0.05) is 6.42 Å². The molecular weight excluding hydrogens is 296 g/mol. The van der Waals surface area contributed by atoms with Crippen molar-refractivity contribution in [1.29, 1.82) is 0 Å². The molecule has 1 unspecified atom stereocenters. The van der Waals surface area contributed by atoms with Crippen molar-refractivity contribution in [1.82, 2.24) is 0 Å². The summed E-state index contributed by atoms with van der Waals surface area (Å²) in [5.41, 5.74) is -3.95. The SMILES string of the molecule is CC(C)=CC[C@H]1O[C@@]1(C)[C@@]1(O)C(O)C(=O)CC[C@]1(O)CCl. The smallest absolute Gasteiger partial charge is 0.164 e. The molecule has 3 N–H and O–H groups in total. The largest absolute Gasteiger partial charge is 0.385 e. The van der Waals surface area contributed by atoms with E-state index in [9.17, 15) is 20.1 Å². The number of allylic oxidation sites excluding steroid dienone is 1. The number of epoxide rings is 1. The Morgan fingerprint density at radius 1 is 1.48 bits per heavy atom. The Bertz CT molecular complexity index is 475. The number of rotatable bonds is 4. The Kier molecular flexibility index (Phi) is 4.28. The maximum Gasteiger partial charge on any atom is 0.164 e. The summed E-state index contributed by atoms with van der Waals surface area (Å²) in [5, 5.41) is 31.9. The van der Waals surface area contributed by atoms with Gasteiger partial charge in [0.25, 0.3) is 0 Å². The van der Waals surface area contributed by atoms with Crippen LogP contribution in [-0.2, 0) is 9.53 Å². The highest BCUT2D eigenvalue weighted by Crippen LogP contribution is 2.55. The number of hydrogen-bond acceptors (Lipinski definition) is 5. The van der Waals surface area contributed by atoms with Gasteiger partial charge in [0.15, 0.2) is 11.4 Å². The molecule has 21 heavy (non-hydrogen) atoms. The van der Waals surface area contributed by atoms with Crippen LogP contribution >= 0.6 is 11.6 Å². The van der Waals surface area contributed by atoms with Gasteiger partial charge in [-0.15, -0.1) is 11.6 Å². The van der Waals surface area contributed by atoms with E-state index in [-0.39, 0.29) is 24.8 Å². The van der Waals surface area contributed by atoms with E-state index in [1.807, 2.05) is 19.9 Å². The average Bonchev–Trinajstić information content (AvgIpc) is 3.11. The summed E-state index contributed by atoms with van der Waals surface area (Å²) >= 11 is 5.83. The fraction of sp³-hybridized carbons (Fsp3) is 0.800. The fourth-order valence-corrected chi connectivity index (χ4v) is 3.60. The van der Waals surface area contributed by atoms with Gasteiger partial charge in [-0.1, -0.05) is 11.6 Å². The van der Waals surface area contributed by atoms with Crippen molar-refractivity contribution in [2.45, 2.75) is 69.0 Å². The molecule has 2 fully saturated rings. The molecular formula is C15H23ClO5. The quantitative estimate of drug-likeness (QED) is 0.407. The van der Waals surface area contributed by atoms with E-state index in [4.69, 9.17) is 16.3 Å². The monoisotopic (exact) mass is 318 g/mol. The number of aliphatic hydroxyl groups excluding tert-OH is 1. The molecule has 1 saturated carbocycles. The normalized spacial score (nSPS) is 46.3. The lowest BCUT2D eigenvalue weighted by molar-refractivity contribution is -0.235. The number of ether oxygens (including phenoxy) is 1. The molecule has 1 heterocycles. The fourth-order valence-electron chi connectivity index (χ4n) is 3.26. The van der Waals surface area contributed by atoms with Crippen molar-refractivity contribution in [2.24, 2.45) is 0 Å². The second-order valence-corrected chi connectivity index (χ2v) is 6.80. The number of carbonyl (C=O) groups is 1. The maximum atomic E-state index is 11.8. The van der Waals surface area contributed by atoms with E-state index in [1.165, 1.54) is 0 Å². The van der Waals surface area contributed by atoms with Crippen LogP contribution in [0.3, 0.4) is 0 Å². The molecule has 0 spiro atoms. The molecule has 6 heteroatoms. The zero-order valence-corrected chi connectivity index (χ0v) is 13.4. The first kappa shape index (κ1) is 16.9. The molecule has 1 aliphatic heterocycles. The Morgan fingerprint density at radius 2 is 2.10 bits per heavy atom. The Morgan fingerprint density at radius 3 is 2.62 bits per heavy atom. The van der Waals surface area contributed by atoms with Gasteiger partial charge in [0.05, 0.1) is 12.0 Å². The van der Waals surface area contributed by atoms with Crippen LogP contribution in [0.25, 0.3) is 0 Å². The molecule has 5 atom stereocenters. The van der Waals surface area contributed by atoms with Gasteiger partial charge < -0.3 is 20.1 Å². The van der Waals surface area contributed by atoms with E-state index >= 15 is 0 Å². The molecule has 2 rings (SSSR count). The van der Waals surface area contributed by atoms with E-state index in [0.717, 1.165) is 5.57 Å². The van der Waals surface area contributed by atoms with Gasteiger partial charge in [-0.2, -0.15) is 0 Å². The summed E-state index contributed by atoms with van der Waals surface area (Å²) in [6, 6.07) is 0. The highest BCUT2D eigenvalue weighted by Gasteiger charge is 2.76. The third-order valence-electron chi connectivity index (χ3n) is 4.86. The minimum atomic E-state index is -2.10. The van der Waals surface area contributed by atoms with Crippen molar-refractivity contribution in [3.63, 3.8) is 0 Å². The van der Waals surface area contributed by atoms with E-state index in [1.54, 1.807) is 6.92 Å². The Hall–Kier alpha value is -0.460. The summed E-state index contributed by atoms with van der Waals surface area (Å²) in [6.45, 7) is 5.50. The molecule has 0 radical (unpaired) electrons. The first-order valence-corrected chi connectivity index (χ1v) is 7.68. The highest BCUT2D eigenvalue weighted by atomic mass is 35.5. The van der Waals surface area contributed by atoms with Gasteiger partial charge in [0.2, 0.25) is 0 Å². The van der Waals surface area contributed by atoms with Crippen LogP contribution in [-0.4, -0.2) is 56.0 Å². The van der Waals surface area contributed by atoms with Crippen LogP contribution in [0.1, 0.15) is 40.0 Å². The topological polar surface area (TPSA) is 90.3 Å². The first-order valence-electron chi connectivity index (χ1n) is 7.15. The summed E-state index contributed by atoms with van der Waals surface area (Å²) in [6.07, 6.45) is 0.430. The predicted molar refractivity (Wildman–Crippen MR) is 78.2 cm³/mol. The summed E-state index contributed by atoms with van der Waals surface area (Å²) in [5.74, 6) is -0.771. The van der Waals surface area contributed by atoms with Crippen molar-refractivity contribution in [2.75, 3.05) is 5.88 Å². The second-order valence-electron chi connectivity index (χ2n) is 6.53. The van der Waals surface area contributed by atoms with Crippen molar-refractivity contribution < 1.29 is 24.9 Å². The van der Waals surface area contributed by atoms with E-state index in [0.29, 0.717) is 6.42 Å². The summed E-state index contributed by atoms with van der Waals surface area (Å²) in [4.78, 5) is 11.8. The molecule has 1 aliphatic carbocycles. The van der Waals surface area contributed by atoms with Crippen molar-refractivity contribution in [3.8, 4) is 0 Å². The van der Waals surface area contributed by atoms with Gasteiger partial charge in [-0.3, -0.25) is 4.79 Å². The lowest BCUT2D eigenvalue weighted by Gasteiger charge is -2.50. The van der Waals surface area contributed by atoms with Crippen LogP contribution in [0.5, 0.6) is 0 Å². The minimum Gasteiger partial charge on any atom is -0.385 e. The van der Waals surface area contributed by atoms with Gasteiger partial charge >= 0.3 is 0 Å². The molecule has 0 aromatic heterocycles. The lowest BCUT2D eigenvalue weighted by atomic mass is 9.63. The van der Waals surface area contributed by atoms with Gasteiger partial charge in [0.1, 0.15) is 17.3 Å². The number of alkyl halides is 1. The molecule has 0 bridgehead atoms. The maximum absolute atomic E-state index is 11.8. The predicted octanol–water partition coefficient (Wildman–Crippen LogP) is 0.925. The number of halogens is 1. The average molecular weight is 319 g/mol. The standard InChI is InChI=1S/C15H23ClO5/c1-9(2)4-5-11-13(3,21-11)15(20)12(18)10(17)6-7-14(15,19)8-16/h4,11-12,18-20H,5-8H2,1-3H3/t11-,12?,13-,14+,15+/m1/s1. The molecule has 1 saturated heterocycles. The molecule has 120 valence electrons. The van der Waals surface area contributed by atoms with Crippen LogP contribution in [0.4, 0.5) is 0 Å². The summed E-state index contributed by atoms with van der Waals surface area (Å²) < 4.78 is 5.59. The lowest BCUT2D eigenvalue weighted by Crippen LogP contribution is -2.73. The van der Waals surface area contributed by atoms with Gasteiger partial charge in [-0.25, -0.2) is 0 Å². The zero-order chi connectivity index (χ0) is 16.1. The van der Waals surface area contributed by atoms with E-state index in [2.05, 4.69) is 0 Å². The second kappa shape index (κ2) is 5.32. The van der Waals surface area contributed by atoms with Crippen LogP contribution < -0.4 is 0 Å². The third kappa shape index (κ3) is 2.35. The van der Waals surface area contributed by atoms with Crippen LogP contribution in [0, 0.1) is 0 Å². The van der Waals surface area contributed by atoms with Crippen molar-refractivity contribution in [3.05, 3.63) is 11.6 Å². The number of hydrogen-bond donors (Lipinski definition) is 3. The summed E-state index contributed by atoms with van der Waals surface area (Å²) in [7, 11) is 0. The van der Waals surface area contributed by atoms with Crippen LogP contribution in [0.2, 0.25) is 0 Å². The van der Waals surface area contributed by atoms with E-state index < -0.39 is 28.7 Å². The highest BCUT2D eigenvalue weighted by molar-refractivity contribution is 6.18. The Labute approximate surface area is 129 Å². The van der Waals surface area contributed by atoms with Crippen LogP contribution in [0.15, 0.2) is 11.6 Å². The zero-order valence-electron chi connectivity index (χ0n) is 12.6. The van der Waals surface area contributed by atoms with Gasteiger partial charge in [-0.05, 0) is 33.6 Å². The molecule has 5 nitrogen and oxygen atoms in total. The minimum absolute atomic E-state index is 0.0111. The number of carbonyl (C=O) groups excluding carboxylic acids is 1. The Balaban J connectivity index is 2.33. The molecule has 0 amide bonds. The molecule has 0 aromatic carbocycles. The number of aliphatic hydroxyl groups is 3. The molecule has 2 aliphatic rings. The third-order valence-corrected chi connectivity index (χ3v) is 5.30. The number of ketones is 1. The molecule has 0 aromatic rings. The van der Waals surface area contributed by atoms with Crippen molar-refractivity contribution >= 4 is 17.4 Å². The first-order chi connectivity index (χ1) is 9.62.